The summed E-state index contributed by atoms with van der Waals surface area (Å²) in [6.45, 7) is 3.77. The van der Waals surface area contributed by atoms with Crippen LogP contribution in [0.2, 0.25) is 0 Å². The Hall–Kier alpha value is -1.32. The predicted octanol–water partition coefficient (Wildman–Crippen LogP) is 0.155. The van der Waals surface area contributed by atoms with E-state index in [1.165, 1.54) is 4.90 Å². The summed E-state index contributed by atoms with van der Waals surface area (Å²) in [6, 6.07) is -0.104. The van der Waals surface area contributed by atoms with Crippen LogP contribution >= 0.6 is 0 Å². The maximum atomic E-state index is 10.5. The van der Waals surface area contributed by atoms with E-state index in [1.807, 2.05) is 0 Å². The molecular weight excluding hydrogens is 168 g/mol. The van der Waals surface area contributed by atoms with Crippen molar-refractivity contribution in [3.8, 4) is 0 Å². The van der Waals surface area contributed by atoms with Crippen LogP contribution in [0.25, 0.3) is 0 Å². The van der Waals surface area contributed by atoms with Crippen molar-refractivity contribution >= 4 is 12.7 Å². The minimum Gasteiger partial charge on any atom is -0.390 e. The van der Waals surface area contributed by atoms with Gasteiger partial charge in [0.25, 0.3) is 0 Å². The van der Waals surface area contributed by atoms with Gasteiger partial charge in [-0.05, 0) is 6.42 Å². The largest absolute Gasteiger partial charge is 0.390 e. The van der Waals surface area contributed by atoms with Gasteiger partial charge in [-0.15, -0.1) is 0 Å². The Bertz CT molecular complexity index is 192. The van der Waals surface area contributed by atoms with Gasteiger partial charge in [0.2, 0.25) is 6.41 Å². The van der Waals surface area contributed by atoms with Crippen molar-refractivity contribution in [3.63, 3.8) is 0 Å². The molecule has 0 radical (unpaired) electrons. The molecule has 0 aromatic rings. The second-order valence-corrected chi connectivity index (χ2v) is 2.81. The Morgan fingerprint density at radius 2 is 2.23 bits per heavy atom. The summed E-state index contributed by atoms with van der Waals surface area (Å²) in [6.07, 6.45) is 2.62. The molecule has 1 atom stereocenters. The highest BCUT2D eigenvalue weighted by atomic mass is 16.1. The van der Waals surface area contributed by atoms with Gasteiger partial charge < -0.3 is 15.0 Å². The molecule has 1 unspecified atom stereocenters. The number of hydrogen-bond acceptors (Lipinski definition) is 3. The zero-order valence-electron chi connectivity index (χ0n) is 8.12. The van der Waals surface area contributed by atoms with Gasteiger partial charge in [0.1, 0.15) is 6.29 Å². The standard InChI is InChI=1S/C9H16N2O2/c1-8(10-2)9(5-4-6-12)11(3)7-13/h6-7,9-10H,1,4-5H2,2-3H3. The van der Waals surface area contributed by atoms with Crippen molar-refractivity contribution in [2.24, 2.45) is 0 Å². The molecule has 13 heavy (non-hydrogen) atoms. The molecule has 0 aliphatic carbocycles. The fourth-order valence-corrected chi connectivity index (χ4v) is 1.09. The van der Waals surface area contributed by atoms with Gasteiger partial charge in [-0.25, -0.2) is 0 Å². The maximum absolute atomic E-state index is 10.5. The number of rotatable bonds is 7. The summed E-state index contributed by atoms with van der Waals surface area (Å²) in [7, 11) is 3.42. The molecule has 0 saturated heterocycles. The summed E-state index contributed by atoms with van der Waals surface area (Å²) in [5.74, 6) is 0. The lowest BCUT2D eigenvalue weighted by molar-refractivity contribution is -0.118. The van der Waals surface area contributed by atoms with E-state index in [-0.39, 0.29) is 6.04 Å². The van der Waals surface area contributed by atoms with Gasteiger partial charge in [0.05, 0.1) is 6.04 Å². The zero-order valence-corrected chi connectivity index (χ0v) is 8.12. The molecule has 74 valence electrons. The molecule has 0 aliphatic rings. The minimum atomic E-state index is -0.104. The summed E-state index contributed by atoms with van der Waals surface area (Å²) < 4.78 is 0. The molecule has 0 rings (SSSR count). The highest BCUT2D eigenvalue weighted by molar-refractivity contribution is 5.51. The molecule has 0 aromatic carbocycles. The van der Waals surface area contributed by atoms with Crippen molar-refractivity contribution in [2.45, 2.75) is 18.9 Å². The van der Waals surface area contributed by atoms with E-state index >= 15 is 0 Å². The molecule has 1 amide bonds. The summed E-state index contributed by atoms with van der Waals surface area (Å²) in [5.41, 5.74) is 0.747. The molecule has 0 saturated carbocycles. The summed E-state index contributed by atoms with van der Waals surface area (Å²) in [5, 5.41) is 2.88. The lowest BCUT2D eigenvalue weighted by atomic mass is 10.1. The number of carbonyl (C=O) groups excluding carboxylic acids is 2. The van der Waals surface area contributed by atoms with Gasteiger partial charge >= 0.3 is 0 Å². The van der Waals surface area contributed by atoms with Gasteiger partial charge in [0, 0.05) is 26.2 Å². The highest BCUT2D eigenvalue weighted by Gasteiger charge is 2.14. The third kappa shape index (κ3) is 3.73. The maximum Gasteiger partial charge on any atom is 0.210 e. The Morgan fingerprint density at radius 1 is 1.62 bits per heavy atom. The second-order valence-electron chi connectivity index (χ2n) is 2.81. The van der Waals surface area contributed by atoms with Gasteiger partial charge in [-0.1, -0.05) is 6.58 Å². The Morgan fingerprint density at radius 3 is 2.62 bits per heavy atom. The average Bonchev–Trinajstić information content (AvgIpc) is 2.17. The monoisotopic (exact) mass is 184 g/mol. The topological polar surface area (TPSA) is 49.4 Å². The third-order valence-electron chi connectivity index (χ3n) is 1.94. The van der Waals surface area contributed by atoms with E-state index < -0.39 is 0 Å². The van der Waals surface area contributed by atoms with Gasteiger partial charge in [-0.3, -0.25) is 4.79 Å². The first-order valence-corrected chi connectivity index (χ1v) is 4.14. The van der Waals surface area contributed by atoms with E-state index in [1.54, 1.807) is 14.1 Å². The van der Waals surface area contributed by atoms with Crippen LogP contribution < -0.4 is 5.32 Å². The van der Waals surface area contributed by atoms with Crippen molar-refractivity contribution in [1.29, 1.82) is 0 Å². The van der Waals surface area contributed by atoms with Crippen LogP contribution in [-0.4, -0.2) is 37.7 Å². The van der Waals surface area contributed by atoms with E-state index in [0.29, 0.717) is 12.8 Å². The number of carbonyl (C=O) groups is 2. The number of nitrogens with zero attached hydrogens (tertiary/aromatic N) is 1. The lowest BCUT2D eigenvalue weighted by Crippen LogP contribution is -2.36. The normalized spacial score (nSPS) is 11.5. The van der Waals surface area contributed by atoms with E-state index in [2.05, 4.69) is 11.9 Å². The highest BCUT2D eigenvalue weighted by Crippen LogP contribution is 2.08. The third-order valence-corrected chi connectivity index (χ3v) is 1.94. The molecule has 0 heterocycles. The number of nitrogens with one attached hydrogen (secondary N) is 1. The quantitative estimate of drug-likeness (QED) is 0.573. The Kier molecular flexibility index (Phi) is 5.59. The van der Waals surface area contributed by atoms with Crippen molar-refractivity contribution in [1.82, 2.24) is 10.2 Å². The van der Waals surface area contributed by atoms with Crippen LogP contribution in [-0.2, 0) is 9.59 Å². The predicted molar refractivity (Wildman–Crippen MR) is 51.1 cm³/mol. The molecule has 0 spiro atoms. The van der Waals surface area contributed by atoms with Crippen molar-refractivity contribution < 1.29 is 9.59 Å². The van der Waals surface area contributed by atoms with Gasteiger partial charge in [0.15, 0.2) is 0 Å². The van der Waals surface area contributed by atoms with Gasteiger partial charge in [-0.2, -0.15) is 0 Å². The van der Waals surface area contributed by atoms with Crippen LogP contribution in [0.1, 0.15) is 12.8 Å². The Labute approximate surface area is 78.6 Å². The smallest absolute Gasteiger partial charge is 0.210 e. The second kappa shape index (κ2) is 6.22. The zero-order chi connectivity index (χ0) is 10.3. The molecule has 0 aliphatic heterocycles. The fourth-order valence-electron chi connectivity index (χ4n) is 1.09. The van der Waals surface area contributed by atoms with Crippen molar-refractivity contribution in [2.75, 3.05) is 14.1 Å². The minimum absolute atomic E-state index is 0.104. The molecule has 0 aromatic heterocycles. The summed E-state index contributed by atoms with van der Waals surface area (Å²) in [4.78, 5) is 22.2. The molecule has 4 heteroatoms. The average molecular weight is 184 g/mol. The van der Waals surface area contributed by atoms with Crippen LogP contribution in [0.4, 0.5) is 0 Å². The van der Waals surface area contributed by atoms with Crippen LogP contribution in [0.5, 0.6) is 0 Å². The molecule has 1 N–H and O–H groups in total. The van der Waals surface area contributed by atoms with Crippen LogP contribution in [0.3, 0.4) is 0 Å². The van der Waals surface area contributed by atoms with E-state index in [0.717, 1.165) is 18.4 Å². The number of hydrogen-bond donors (Lipinski definition) is 1. The fraction of sp³-hybridized carbons (Fsp3) is 0.556. The first-order valence-electron chi connectivity index (χ1n) is 4.14. The van der Waals surface area contributed by atoms with Crippen molar-refractivity contribution in [3.05, 3.63) is 12.3 Å². The van der Waals surface area contributed by atoms with Crippen LogP contribution in [0, 0.1) is 0 Å². The Balaban J connectivity index is 4.25. The van der Waals surface area contributed by atoms with E-state index in [9.17, 15) is 9.59 Å². The van der Waals surface area contributed by atoms with E-state index in [4.69, 9.17) is 0 Å². The first kappa shape index (κ1) is 11.7. The number of likely N-dealkylation sites (N-methyl/N-ethyl adjacent to an activating group) is 2. The number of aldehydes is 1. The lowest BCUT2D eigenvalue weighted by Gasteiger charge is -2.25. The molecule has 4 nitrogen and oxygen atoms in total. The first-order chi connectivity index (χ1) is 6.17. The number of amides is 1. The summed E-state index contributed by atoms with van der Waals surface area (Å²) >= 11 is 0. The van der Waals surface area contributed by atoms with Crippen LogP contribution in [0.15, 0.2) is 12.3 Å². The molecular formula is C9H16N2O2. The molecule has 0 bridgehead atoms. The molecule has 0 fully saturated rings. The SMILES string of the molecule is C=C(NC)C(CCC=O)N(C)C=O.